The Kier molecular flexibility index (Phi) is 4.01. The van der Waals surface area contributed by atoms with Gasteiger partial charge in [0.05, 0.1) is 0 Å². The van der Waals surface area contributed by atoms with Crippen LogP contribution in [-0.4, -0.2) is 0 Å². The van der Waals surface area contributed by atoms with E-state index in [1.54, 1.807) is 0 Å². The second-order valence-electron chi connectivity index (χ2n) is 3.38. The Bertz CT molecular complexity index is 279. The predicted octanol–water partition coefficient (Wildman–Crippen LogP) is 3.15. The maximum Gasteiger partial charge on any atom is 0.130 e. The number of benzene rings is 1. The quantitative estimate of drug-likeness (QED) is 0.792. The van der Waals surface area contributed by atoms with Gasteiger partial charge in [0.1, 0.15) is 11.6 Å². The third kappa shape index (κ3) is 2.51. The third-order valence-electron chi connectivity index (χ3n) is 2.24. The molecule has 0 saturated heterocycles. The summed E-state index contributed by atoms with van der Waals surface area (Å²) in [7, 11) is 0. The molecule has 0 bridgehead atoms. The summed E-state index contributed by atoms with van der Waals surface area (Å²) in [6, 6.07) is 3.30. The Hall–Kier alpha value is -0.960. The molecule has 0 aliphatic rings. The van der Waals surface area contributed by atoms with Gasteiger partial charge < -0.3 is 5.73 Å². The van der Waals surface area contributed by atoms with Crippen molar-refractivity contribution in [1.82, 2.24) is 0 Å². The minimum Gasteiger partial charge on any atom is -0.324 e. The molecule has 1 rings (SSSR count). The molecule has 0 heterocycles. The number of rotatable bonds is 4. The normalized spacial score (nSPS) is 12.9. The molecular weight excluding hydrogens is 184 g/mol. The summed E-state index contributed by atoms with van der Waals surface area (Å²) in [6.45, 7) is 2.02. The van der Waals surface area contributed by atoms with E-state index in [0.717, 1.165) is 12.8 Å². The van der Waals surface area contributed by atoms with Crippen molar-refractivity contribution in [2.24, 2.45) is 5.73 Å². The van der Waals surface area contributed by atoms with Crippen molar-refractivity contribution in [2.75, 3.05) is 0 Å². The molecule has 0 saturated carbocycles. The highest BCUT2D eigenvalue weighted by molar-refractivity contribution is 5.22. The van der Waals surface area contributed by atoms with Crippen LogP contribution >= 0.6 is 0 Å². The third-order valence-corrected chi connectivity index (χ3v) is 2.24. The van der Waals surface area contributed by atoms with Crippen LogP contribution in [0.5, 0.6) is 0 Å². The van der Waals surface area contributed by atoms with Crippen molar-refractivity contribution in [3.63, 3.8) is 0 Å². The van der Waals surface area contributed by atoms with E-state index in [4.69, 9.17) is 5.73 Å². The average molecular weight is 199 g/mol. The molecule has 0 spiro atoms. The van der Waals surface area contributed by atoms with Crippen LogP contribution < -0.4 is 5.73 Å². The molecule has 0 aliphatic heterocycles. The first-order valence-corrected chi connectivity index (χ1v) is 4.86. The van der Waals surface area contributed by atoms with Crippen molar-refractivity contribution in [2.45, 2.75) is 32.2 Å². The van der Waals surface area contributed by atoms with Gasteiger partial charge in [0.2, 0.25) is 0 Å². The lowest BCUT2D eigenvalue weighted by Gasteiger charge is -2.12. The smallest absolute Gasteiger partial charge is 0.130 e. The van der Waals surface area contributed by atoms with Gasteiger partial charge in [-0.25, -0.2) is 8.78 Å². The van der Waals surface area contributed by atoms with Crippen LogP contribution in [0.2, 0.25) is 0 Å². The van der Waals surface area contributed by atoms with E-state index < -0.39 is 17.7 Å². The van der Waals surface area contributed by atoms with E-state index in [9.17, 15) is 8.78 Å². The fraction of sp³-hybridized carbons (Fsp3) is 0.455. The number of hydrogen-bond acceptors (Lipinski definition) is 1. The maximum atomic E-state index is 13.2. The van der Waals surface area contributed by atoms with E-state index in [1.807, 2.05) is 6.92 Å². The van der Waals surface area contributed by atoms with Gasteiger partial charge in [0.25, 0.3) is 0 Å². The van der Waals surface area contributed by atoms with E-state index in [0.29, 0.717) is 6.42 Å². The summed E-state index contributed by atoms with van der Waals surface area (Å²) in [5.41, 5.74) is 5.72. The van der Waals surface area contributed by atoms with Crippen LogP contribution in [0.25, 0.3) is 0 Å². The van der Waals surface area contributed by atoms with Crippen LogP contribution in [0.4, 0.5) is 8.78 Å². The lowest BCUT2D eigenvalue weighted by molar-refractivity contribution is 0.502. The average Bonchev–Trinajstić information content (AvgIpc) is 2.14. The number of nitrogens with two attached hydrogens (primary N) is 1. The van der Waals surface area contributed by atoms with Crippen LogP contribution in [0.15, 0.2) is 18.2 Å². The first-order valence-electron chi connectivity index (χ1n) is 4.86. The van der Waals surface area contributed by atoms with Gasteiger partial charge in [-0.1, -0.05) is 25.8 Å². The molecule has 1 nitrogen and oxygen atoms in total. The highest BCUT2D eigenvalue weighted by Crippen LogP contribution is 2.22. The van der Waals surface area contributed by atoms with Crippen molar-refractivity contribution in [3.05, 3.63) is 35.4 Å². The van der Waals surface area contributed by atoms with Gasteiger partial charge in [0, 0.05) is 11.6 Å². The SMILES string of the molecule is CCCC[C@H](N)c1c(F)cccc1F. The second kappa shape index (κ2) is 5.05. The van der Waals surface area contributed by atoms with Gasteiger partial charge in [-0.2, -0.15) is 0 Å². The van der Waals surface area contributed by atoms with Gasteiger partial charge in [-0.05, 0) is 18.6 Å². The predicted molar refractivity (Wildman–Crippen MR) is 52.8 cm³/mol. The van der Waals surface area contributed by atoms with E-state index in [-0.39, 0.29) is 5.56 Å². The zero-order valence-electron chi connectivity index (χ0n) is 8.26. The molecule has 78 valence electrons. The molecule has 0 aromatic heterocycles. The zero-order valence-corrected chi connectivity index (χ0v) is 8.26. The van der Waals surface area contributed by atoms with Crippen LogP contribution in [0.1, 0.15) is 37.8 Å². The van der Waals surface area contributed by atoms with Crippen molar-refractivity contribution >= 4 is 0 Å². The van der Waals surface area contributed by atoms with Crippen LogP contribution in [0.3, 0.4) is 0 Å². The Labute approximate surface area is 82.9 Å². The number of hydrogen-bond donors (Lipinski definition) is 1. The first-order chi connectivity index (χ1) is 6.66. The molecule has 0 aliphatic carbocycles. The lowest BCUT2D eigenvalue weighted by atomic mass is 10.0. The minimum absolute atomic E-state index is 0.0148. The molecule has 14 heavy (non-hydrogen) atoms. The largest absolute Gasteiger partial charge is 0.324 e. The molecule has 0 unspecified atom stereocenters. The highest BCUT2D eigenvalue weighted by atomic mass is 19.1. The molecular formula is C11H15F2N. The molecule has 1 atom stereocenters. The molecule has 1 aromatic rings. The second-order valence-corrected chi connectivity index (χ2v) is 3.38. The summed E-state index contributed by atoms with van der Waals surface area (Å²) < 4.78 is 26.4. The summed E-state index contributed by atoms with van der Waals surface area (Å²) in [4.78, 5) is 0. The highest BCUT2D eigenvalue weighted by Gasteiger charge is 2.15. The van der Waals surface area contributed by atoms with Crippen LogP contribution in [-0.2, 0) is 0 Å². The van der Waals surface area contributed by atoms with Gasteiger partial charge in [0.15, 0.2) is 0 Å². The number of halogens is 2. The minimum atomic E-state index is -0.548. The molecule has 0 radical (unpaired) electrons. The van der Waals surface area contributed by atoms with Crippen molar-refractivity contribution < 1.29 is 8.78 Å². The van der Waals surface area contributed by atoms with Gasteiger partial charge >= 0.3 is 0 Å². The Morgan fingerprint density at radius 2 is 1.86 bits per heavy atom. The lowest BCUT2D eigenvalue weighted by Crippen LogP contribution is -2.14. The summed E-state index contributed by atoms with van der Waals surface area (Å²) in [5.74, 6) is -1.10. The van der Waals surface area contributed by atoms with Crippen molar-refractivity contribution in [1.29, 1.82) is 0 Å². The Morgan fingerprint density at radius 3 is 2.36 bits per heavy atom. The fourth-order valence-corrected chi connectivity index (χ4v) is 1.43. The van der Waals surface area contributed by atoms with Crippen LogP contribution in [0, 0.1) is 11.6 Å². The molecule has 0 amide bonds. The van der Waals surface area contributed by atoms with E-state index >= 15 is 0 Å². The first kappa shape index (κ1) is 11.1. The van der Waals surface area contributed by atoms with Gasteiger partial charge in [-0.3, -0.25) is 0 Å². The van der Waals surface area contributed by atoms with Crippen molar-refractivity contribution in [3.8, 4) is 0 Å². The van der Waals surface area contributed by atoms with E-state index in [2.05, 4.69) is 0 Å². The monoisotopic (exact) mass is 199 g/mol. The summed E-state index contributed by atoms with van der Waals surface area (Å²) in [6.07, 6.45) is 2.48. The number of unbranched alkanes of at least 4 members (excludes halogenated alkanes) is 1. The molecule has 2 N–H and O–H groups in total. The topological polar surface area (TPSA) is 26.0 Å². The molecule has 0 fully saturated rings. The fourth-order valence-electron chi connectivity index (χ4n) is 1.43. The maximum absolute atomic E-state index is 13.2. The Balaban J connectivity index is 2.82. The summed E-state index contributed by atoms with van der Waals surface area (Å²) >= 11 is 0. The molecule has 3 heteroatoms. The molecule has 1 aromatic carbocycles. The van der Waals surface area contributed by atoms with E-state index in [1.165, 1.54) is 18.2 Å². The zero-order chi connectivity index (χ0) is 10.6. The Morgan fingerprint density at radius 1 is 1.29 bits per heavy atom. The summed E-state index contributed by atoms with van der Waals surface area (Å²) in [5, 5.41) is 0. The van der Waals surface area contributed by atoms with Gasteiger partial charge in [-0.15, -0.1) is 0 Å². The standard InChI is InChI=1S/C11H15F2N/c1-2-3-7-10(14)11-8(12)5-4-6-9(11)13/h4-6,10H,2-3,7,14H2,1H3/t10-/m0/s1.